The zero-order valence-corrected chi connectivity index (χ0v) is 13.8. The number of halogens is 1. The largest absolute Gasteiger partial charge is 0.504 e. The number of anilines is 1. The van der Waals surface area contributed by atoms with Gasteiger partial charge in [-0.3, -0.25) is 19.9 Å². The number of carbonyl (C=O) groups is 1. The zero-order chi connectivity index (χ0) is 18.8. The molecule has 132 valence electrons. The standard InChI is InChI=1S/C17H12ClN3O5/c18-12-8-13(16(23)14-11(12)5-2-6-19-14)20-17(24)15(22)9-3-1-4-10(7-9)21(25)26/h1-8,15,22-23H,(H,20,24). The van der Waals surface area contributed by atoms with Crippen molar-refractivity contribution in [1.29, 1.82) is 0 Å². The van der Waals surface area contributed by atoms with Gasteiger partial charge in [0.1, 0.15) is 5.52 Å². The van der Waals surface area contributed by atoms with Gasteiger partial charge in [-0.1, -0.05) is 23.7 Å². The molecule has 0 aliphatic rings. The van der Waals surface area contributed by atoms with Crippen LogP contribution in [0.1, 0.15) is 11.7 Å². The lowest BCUT2D eigenvalue weighted by Gasteiger charge is -2.14. The summed E-state index contributed by atoms with van der Waals surface area (Å²) in [5.74, 6) is -1.18. The Labute approximate surface area is 151 Å². The van der Waals surface area contributed by atoms with Crippen LogP contribution in [0.4, 0.5) is 11.4 Å². The van der Waals surface area contributed by atoms with Gasteiger partial charge in [-0.15, -0.1) is 0 Å². The van der Waals surface area contributed by atoms with Crippen LogP contribution in [0.2, 0.25) is 5.02 Å². The Kier molecular flexibility index (Phi) is 4.70. The van der Waals surface area contributed by atoms with E-state index in [-0.39, 0.29) is 33.2 Å². The van der Waals surface area contributed by atoms with Crippen molar-refractivity contribution in [2.24, 2.45) is 0 Å². The number of hydrogen-bond acceptors (Lipinski definition) is 6. The maximum Gasteiger partial charge on any atom is 0.269 e. The molecular formula is C17H12ClN3O5. The first-order chi connectivity index (χ1) is 12.4. The lowest BCUT2D eigenvalue weighted by Crippen LogP contribution is -2.21. The van der Waals surface area contributed by atoms with E-state index in [0.717, 1.165) is 6.07 Å². The Balaban J connectivity index is 1.90. The molecule has 0 bridgehead atoms. The number of phenolic OH excluding ortho intramolecular Hbond substituents is 1. The van der Waals surface area contributed by atoms with Gasteiger partial charge >= 0.3 is 0 Å². The van der Waals surface area contributed by atoms with Gasteiger partial charge < -0.3 is 15.5 Å². The summed E-state index contributed by atoms with van der Waals surface area (Å²) in [6.45, 7) is 0. The minimum atomic E-state index is -1.67. The molecule has 0 saturated heterocycles. The second-order valence-corrected chi connectivity index (χ2v) is 5.81. The van der Waals surface area contributed by atoms with Gasteiger partial charge in [0.25, 0.3) is 11.6 Å². The first-order valence-corrected chi connectivity index (χ1v) is 7.75. The van der Waals surface area contributed by atoms with Crippen LogP contribution in [0.15, 0.2) is 48.7 Å². The molecule has 0 spiro atoms. The molecule has 3 N–H and O–H groups in total. The molecule has 1 heterocycles. The number of aliphatic hydroxyl groups excluding tert-OH is 1. The van der Waals surface area contributed by atoms with Crippen LogP contribution in [0, 0.1) is 10.1 Å². The first-order valence-electron chi connectivity index (χ1n) is 7.38. The average molecular weight is 374 g/mol. The van der Waals surface area contributed by atoms with Gasteiger partial charge in [-0.2, -0.15) is 0 Å². The number of nitrogens with one attached hydrogen (secondary N) is 1. The van der Waals surface area contributed by atoms with Crippen molar-refractivity contribution in [3.8, 4) is 5.75 Å². The van der Waals surface area contributed by atoms with Crippen LogP contribution in [0.25, 0.3) is 10.9 Å². The summed E-state index contributed by atoms with van der Waals surface area (Å²) >= 11 is 6.13. The average Bonchev–Trinajstić information content (AvgIpc) is 2.65. The number of amides is 1. The Bertz CT molecular complexity index is 1020. The van der Waals surface area contributed by atoms with Gasteiger partial charge in [-0.25, -0.2) is 0 Å². The molecule has 0 saturated carbocycles. The number of benzene rings is 2. The number of fused-ring (bicyclic) bond motifs is 1. The summed E-state index contributed by atoms with van der Waals surface area (Å²) in [4.78, 5) is 26.5. The van der Waals surface area contributed by atoms with Crippen molar-refractivity contribution in [2.45, 2.75) is 6.10 Å². The van der Waals surface area contributed by atoms with E-state index in [2.05, 4.69) is 10.3 Å². The summed E-state index contributed by atoms with van der Waals surface area (Å²) < 4.78 is 0. The molecule has 0 fully saturated rings. The second-order valence-electron chi connectivity index (χ2n) is 5.40. The van der Waals surface area contributed by atoms with Gasteiger partial charge in [0, 0.05) is 23.7 Å². The van der Waals surface area contributed by atoms with E-state index in [1.165, 1.54) is 30.5 Å². The van der Waals surface area contributed by atoms with Gasteiger partial charge in [-0.05, 0) is 23.8 Å². The summed E-state index contributed by atoms with van der Waals surface area (Å²) in [6.07, 6.45) is -0.213. The molecule has 1 amide bonds. The number of pyridine rings is 1. The van der Waals surface area contributed by atoms with E-state index in [1.54, 1.807) is 12.1 Å². The Morgan fingerprint density at radius 1 is 1.27 bits per heavy atom. The molecule has 8 nitrogen and oxygen atoms in total. The maximum atomic E-state index is 12.3. The molecule has 26 heavy (non-hydrogen) atoms. The molecule has 1 atom stereocenters. The molecular weight excluding hydrogens is 362 g/mol. The predicted octanol–water partition coefficient (Wildman–Crippen LogP) is 3.17. The maximum absolute atomic E-state index is 12.3. The molecule has 0 aliphatic heterocycles. The summed E-state index contributed by atoms with van der Waals surface area (Å²) in [6, 6.07) is 9.73. The van der Waals surface area contributed by atoms with Crippen molar-refractivity contribution in [3.63, 3.8) is 0 Å². The molecule has 0 radical (unpaired) electrons. The third kappa shape index (κ3) is 3.28. The molecule has 3 rings (SSSR count). The van der Waals surface area contributed by atoms with Crippen molar-refractivity contribution in [2.75, 3.05) is 5.32 Å². The van der Waals surface area contributed by atoms with Crippen LogP contribution < -0.4 is 5.32 Å². The number of non-ortho nitro benzene ring substituents is 1. The van der Waals surface area contributed by atoms with Crippen molar-refractivity contribution in [1.82, 2.24) is 4.98 Å². The van der Waals surface area contributed by atoms with E-state index in [4.69, 9.17) is 11.6 Å². The van der Waals surface area contributed by atoms with Crippen LogP contribution in [-0.2, 0) is 4.79 Å². The van der Waals surface area contributed by atoms with Gasteiger partial charge in [0.05, 0.1) is 15.6 Å². The highest BCUT2D eigenvalue weighted by molar-refractivity contribution is 6.36. The number of nitrogens with zero attached hydrogens (tertiary/aromatic N) is 2. The molecule has 2 aromatic carbocycles. The molecule has 1 aromatic heterocycles. The first kappa shape index (κ1) is 17.6. The van der Waals surface area contributed by atoms with Crippen molar-refractivity contribution in [3.05, 3.63) is 69.4 Å². The normalized spacial score (nSPS) is 11.9. The zero-order valence-electron chi connectivity index (χ0n) is 13.1. The van der Waals surface area contributed by atoms with E-state index in [1.807, 2.05) is 0 Å². The van der Waals surface area contributed by atoms with Gasteiger partial charge in [0.2, 0.25) is 0 Å². The van der Waals surface area contributed by atoms with E-state index in [0.29, 0.717) is 5.39 Å². The van der Waals surface area contributed by atoms with Gasteiger partial charge in [0.15, 0.2) is 11.9 Å². The highest BCUT2D eigenvalue weighted by Gasteiger charge is 2.22. The summed E-state index contributed by atoms with van der Waals surface area (Å²) in [5, 5.41) is 34.4. The van der Waals surface area contributed by atoms with Crippen LogP contribution in [0.3, 0.4) is 0 Å². The minimum Gasteiger partial charge on any atom is -0.504 e. The molecule has 0 aliphatic carbocycles. The second kappa shape index (κ2) is 6.95. The highest BCUT2D eigenvalue weighted by atomic mass is 35.5. The predicted molar refractivity (Wildman–Crippen MR) is 95.1 cm³/mol. The van der Waals surface area contributed by atoms with E-state index >= 15 is 0 Å². The summed E-state index contributed by atoms with van der Waals surface area (Å²) in [5.41, 5.74) is -0.0489. The number of nitro groups is 1. The number of aliphatic hydroxyl groups is 1. The summed E-state index contributed by atoms with van der Waals surface area (Å²) in [7, 11) is 0. The van der Waals surface area contributed by atoms with Crippen molar-refractivity contribution >= 4 is 39.8 Å². The SMILES string of the molecule is O=C(Nc1cc(Cl)c2cccnc2c1O)C(O)c1cccc([N+](=O)[O-])c1. The Morgan fingerprint density at radius 2 is 2.04 bits per heavy atom. The van der Waals surface area contributed by atoms with Crippen LogP contribution in [-0.4, -0.2) is 26.0 Å². The smallest absolute Gasteiger partial charge is 0.269 e. The topological polar surface area (TPSA) is 126 Å². The lowest BCUT2D eigenvalue weighted by molar-refractivity contribution is -0.385. The minimum absolute atomic E-state index is 0.0318. The molecule has 9 heteroatoms. The number of nitro benzene ring substituents is 1. The number of rotatable bonds is 4. The van der Waals surface area contributed by atoms with Crippen LogP contribution >= 0.6 is 11.6 Å². The quantitative estimate of drug-likeness (QED) is 0.366. The monoisotopic (exact) mass is 373 g/mol. The third-order valence-corrected chi connectivity index (χ3v) is 4.03. The Morgan fingerprint density at radius 3 is 2.77 bits per heavy atom. The molecule has 3 aromatic rings. The number of aromatic nitrogens is 1. The van der Waals surface area contributed by atoms with E-state index in [9.17, 15) is 25.1 Å². The van der Waals surface area contributed by atoms with Crippen molar-refractivity contribution < 1.29 is 19.9 Å². The number of carbonyl (C=O) groups excluding carboxylic acids is 1. The molecule has 1 unspecified atom stereocenters. The number of hydrogen-bond donors (Lipinski definition) is 3. The number of phenols is 1. The highest BCUT2D eigenvalue weighted by Crippen LogP contribution is 2.36. The third-order valence-electron chi connectivity index (χ3n) is 3.72. The van der Waals surface area contributed by atoms with E-state index < -0.39 is 16.9 Å². The fraction of sp³-hybridized carbons (Fsp3) is 0.0588. The lowest BCUT2D eigenvalue weighted by atomic mass is 10.1. The fourth-order valence-corrected chi connectivity index (χ4v) is 2.70. The number of aromatic hydroxyl groups is 1. The van der Waals surface area contributed by atoms with Crippen LogP contribution in [0.5, 0.6) is 5.75 Å². The fourth-order valence-electron chi connectivity index (χ4n) is 2.44. The Hall–Kier alpha value is -3.23.